The fourth-order valence-electron chi connectivity index (χ4n) is 3.52. The summed E-state index contributed by atoms with van der Waals surface area (Å²) in [5.74, 6) is 1.15. The van der Waals surface area contributed by atoms with Crippen LogP contribution < -0.4 is 15.4 Å². The van der Waals surface area contributed by atoms with Crippen molar-refractivity contribution in [2.75, 3.05) is 23.8 Å². The first-order valence-corrected chi connectivity index (χ1v) is 11.9. The van der Waals surface area contributed by atoms with Crippen LogP contribution in [0, 0.1) is 0 Å². The number of aliphatic hydroxyl groups excluding tert-OH is 2. The van der Waals surface area contributed by atoms with Crippen LogP contribution in [0.2, 0.25) is 5.02 Å². The molecule has 0 spiro atoms. The molecule has 2 unspecified atom stereocenters. The number of nitrogens with one attached hydrogen (secondary N) is 2. The molecule has 2 aromatic heterocycles. The molecule has 2 atom stereocenters. The van der Waals surface area contributed by atoms with Gasteiger partial charge in [0.25, 0.3) is 6.02 Å². The number of hydrogen-bond donors (Lipinski definition) is 4. The normalized spacial score (nSPS) is 17.2. The Morgan fingerprint density at radius 3 is 2.63 bits per heavy atom. The molecule has 0 bridgehead atoms. The van der Waals surface area contributed by atoms with E-state index in [1.54, 1.807) is 18.3 Å². The highest BCUT2D eigenvalue weighted by atomic mass is 35.5. The lowest BCUT2D eigenvalue weighted by atomic mass is 10.2. The Balaban J connectivity index is 1.33. The average molecular weight is 513 g/mol. The molecule has 0 radical (unpaired) electrons. The number of halogens is 1. The van der Waals surface area contributed by atoms with Gasteiger partial charge in [0.05, 0.1) is 23.8 Å². The van der Waals surface area contributed by atoms with Gasteiger partial charge in [0.15, 0.2) is 0 Å². The van der Waals surface area contributed by atoms with E-state index in [-0.39, 0.29) is 19.2 Å². The second-order valence-corrected chi connectivity index (χ2v) is 8.97. The molecule has 0 aliphatic carbocycles. The quantitative estimate of drug-likeness (QED) is 0.279. The molecule has 12 heteroatoms. The molecule has 0 saturated carbocycles. The van der Waals surface area contributed by atoms with Crippen molar-refractivity contribution in [3.63, 3.8) is 0 Å². The maximum atomic E-state index is 9.41. The smallest absolute Gasteiger partial charge is 0.290 e. The van der Waals surface area contributed by atoms with Gasteiger partial charge in [-0.3, -0.25) is 0 Å². The molecule has 4 N–H and O–H groups in total. The van der Waals surface area contributed by atoms with Crippen molar-refractivity contribution in [3.8, 4) is 5.75 Å². The third-order valence-electron chi connectivity index (χ3n) is 5.26. The lowest BCUT2D eigenvalue weighted by Crippen LogP contribution is -2.29. The number of fused-ring (bicyclic) bond motifs is 1. The Kier molecular flexibility index (Phi) is 6.91. The van der Waals surface area contributed by atoms with Gasteiger partial charge in [-0.2, -0.15) is 0 Å². The average Bonchev–Trinajstić information content (AvgIpc) is 3.53. The summed E-state index contributed by atoms with van der Waals surface area (Å²) >= 11 is 7.95. The highest BCUT2D eigenvalue weighted by Crippen LogP contribution is 2.32. The van der Waals surface area contributed by atoms with Gasteiger partial charge in [-0.1, -0.05) is 11.6 Å². The van der Waals surface area contributed by atoms with Gasteiger partial charge in [-0.15, -0.1) is 11.3 Å². The van der Waals surface area contributed by atoms with E-state index < -0.39 is 12.1 Å². The van der Waals surface area contributed by atoms with Gasteiger partial charge < -0.3 is 30.3 Å². The van der Waals surface area contributed by atoms with Gasteiger partial charge in [-0.05, 0) is 36.4 Å². The molecule has 4 aromatic rings. The Morgan fingerprint density at radius 2 is 1.89 bits per heavy atom. The third-order valence-corrected chi connectivity index (χ3v) is 6.31. The van der Waals surface area contributed by atoms with Crippen LogP contribution in [0.1, 0.15) is 5.01 Å². The molecule has 10 nitrogen and oxygen atoms in total. The summed E-state index contributed by atoms with van der Waals surface area (Å²) in [6.45, 7) is -0.103. The number of thiazole rings is 1. The Hall–Kier alpha value is -3.51. The topological polar surface area (TPSA) is 134 Å². The van der Waals surface area contributed by atoms with Crippen molar-refractivity contribution in [1.82, 2.24) is 15.0 Å². The molecule has 3 heterocycles. The minimum absolute atomic E-state index is 0.215. The number of benzene rings is 2. The van der Waals surface area contributed by atoms with Crippen LogP contribution in [0.3, 0.4) is 0 Å². The van der Waals surface area contributed by atoms with Crippen LogP contribution in [0.15, 0.2) is 59.3 Å². The molecule has 2 aromatic carbocycles. The second kappa shape index (κ2) is 10.4. The lowest BCUT2D eigenvalue weighted by Gasteiger charge is -2.13. The van der Waals surface area contributed by atoms with Crippen LogP contribution in [0.4, 0.5) is 17.2 Å². The number of aromatic nitrogens is 3. The maximum absolute atomic E-state index is 9.41. The molecule has 35 heavy (non-hydrogen) atoms. The van der Waals surface area contributed by atoms with Crippen molar-refractivity contribution in [1.29, 1.82) is 0 Å². The Morgan fingerprint density at radius 1 is 1.03 bits per heavy atom. The molecule has 1 aliphatic heterocycles. The van der Waals surface area contributed by atoms with Crippen molar-refractivity contribution >= 4 is 57.1 Å². The van der Waals surface area contributed by atoms with Gasteiger partial charge >= 0.3 is 0 Å². The Bertz CT molecular complexity index is 1350. The molecule has 0 amide bonds. The summed E-state index contributed by atoms with van der Waals surface area (Å²) in [6, 6.07) is 10.7. The van der Waals surface area contributed by atoms with Crippen LogP contribution in [-0.2, 0) is 11.3 Å². The summed E-state index contributed by atoms with van der Waals surface area (Å²) in [6.07, 6.45) is 2.63. The number of ether oxygens (including phenoxy) is 2. The van der Waals surface area contributed by atoms with Crippen LogP contribution in [0.25, 0.3) is 10.9 Å². The van der Waals surface area contributed by atoms with Gasteiger partial charge in [0.1, 0.15) is 41.7 Å². The second-order valence-electron chi connectivity index (χ2n) is 7.59. The summed E-state index contributed by atoms with van der Waals surface area (Å²) in [5, 5.41) is 29.1. The zero-order valence-corrected chi connectivity index (χ0v) is 19.8. The maximum Gasteiger partial charge on any atom is 0.290 e. The van der Waals surface area contributed by atoms with Crippen molar-refractivity contribution < 1.29 is 19.7 Å². The number of aliphatic hydroxyl groups is 2. The van der Waals surface area contributed by atoms with Gasteiger partial charge in [0.2, 0.25) is 0 Å². The largest absolute Gasteiger partial charge is 0.485 e. The number of aliphatic imine (C=N–C) groups is 1. The summed E-state index contributed by atoms with van der Waals surface area (Å²) in [4.78, 5) is 17.2. The minimum atomic E-state index is -0.582. The number of nitrogens with zero attached hydrogens (tertiary/aromatic N) is 4. The predicted octanol–water partition coefficient (Wildman–Crippen LogP) is 3.58. The van der Waals surface area contributed by atoms with E-state index >= 15 is 0 Å². The predicted molar refractivity (Wildman–Crippen MR) is 135 cm³/mol. The summed E-state index contributed by atoms with van der Waals surface area (Å²) < 4.78 is 11.3. The standard InChI is InChI=1S/C23H21ClN6O4S/c24-16-8-14(2-4-19(16)33-11-21-25-5-6-35-21)28-22-15-7-13(1-3-17(15)26-12-27-22)29-23-30-18(9-31)20(10-32)34-23/h1-8,12,18,20,31-32H,9-11H2,(H,29,30)(H,26,27,28). The zero-order chi connectivity index (χ0) is 24.2. The monoisotopic (exact) mass is 512 g/mol. The first-order chi connectivity index (χ1) is 17.1. The summed E-state index contributed by atoms with van der Waals surface area (Å²) in [7, 11) is 0. The fraction of sp³-hybridized carbons (Fsp3) is 0.217. The molecule has 180 valence electrons. The number of anilines is 3. The number of hydrogen-bond acceptors (Lipinski definition) is 11. The van der Waals surface area contributed by atoms with Crippen LogP contribution >= 0.6 is 22.9 Å². The first kappa shape index (κ1) is 23.2. The van der Waals surface area contributed by atoms with Crippen molar-refractivity contribution in [2.24, 2.45) is 4.99 Å². The van der Waals surface area contributed by atoms with E-state index in [1.807, 2.05) is 29.6 Å². The molecule has 0 saturated heterocycles. The number of amidine groups is 1. The first-order valence-electron chi connectivity index (χ1n) is 10.7. The molecule has 1 aliphatic rings. The van der Waals surface area contributed by atoms with E-state index in [2.05, 4.69) is 30.6 Å². The SMILES string of the molecule is OCC1N=C(Nc2ccc3ncnc(Nc4ccc(OCc5nccs5)c(Cl)c4)c3c2)OC1CO. The summed E-state index contributed by atoms with van der Waals surface area (Å²) in [5.41, 5.74) is 2.15. The zero-order valence-electron chi connectivity index (χ0n) is 18.3. The van der Waals surface area contributed by atoms with Gasteiger partial charge in [0, 0.05) is 28.3 Å². The number of rotatable bonds is 8. The van der Waals surface area contributed by atoms with Crippen LogP contribution in [0.5, 0.6) is 5.75 Å². The van der Waals surface area contributed by atoms with Crippen LogP contribution in [-0.4, -0.2) is 56.5 Å². The molecule has 5 rings (SSSR count). The Labute approximate surface area is 209 Å². The fourth-order valence-corrected chi connectivity index (χ4v) is 4.28. The molecular weight excluding hydrogens is 492 g/mol. The van der Waals surface area contributed by atoms with Crippen molar-refractivity contribution in [2.45, 2.75) is 18.8 Å². The minimum Gasteiger partial charge on any atom is -0.485 e. The van der Waals surface area contributed by atoms with E-state index in [0.717, 1.165) is 21.6 Å². The van der Waals surface area contributed by atoms with Crippen molar-refractivity contribution in [3.05, 3.63) is 64.3 Å². The lowest BCUT2D eigenvalue weighted by molar-refractivity contribution is 0.0870. The van der Waals surface area contributed by atoms with Gasteiger partial charge in [-0.25, -0.2) is 19.9 Å². The molecule has 0 fully saturated rings. The van der Waals surface area contributed by atoms with E-state index in [1.165, 1.54) is 17.7 Å². The highest BCUT2D eigenvalue weighted by Gasteiger charge is 2.30. The molecular formula is C23H21ClN6O4S. The van der Waals surface area contributed by atoms with E-state index in [9.17, 15) is 10.2 Å². The van der Waals surface area contributed by atoms with E-state index in [0.29, 0.717) is 28.9 Å². The highest BCUT2D eigenvalue weighted by molar-refractivity contribution is 7.09. The van der Waals surface area contributed by atoms with E-state index in [4.69, 9.17) is 21.1 Å². The third kappa shape index (κ3) is 5.28.